The summed E-state index contributed by atoms with van der Waals surface area (Å²) in [5.41, 5.74) is 7.77. The van der Waals surface area contributed by atoms with Crippen LogP contribution in [0.5, 0.6) is 5.75 Å². The molecule has 20 heavy (non-hydrogen) atoms. The van der Waals surface area contributed by atoms with Crippen LogP contribution in [0.25, 0.3) is 0 Å². The van der Waals surface area contributed by atoms with E-state index >= 15 is 0 Å². The van der Waals surface area contributed by atoms with Crippen LogP contribution in [-0.4, -0.2) is 11.0 Å². The summed E-state index contributed by atoms with van der Waals surface area (Å²) in [6.45, 7) is 1.98. The van der Waals surface area contributed by atoms with Gasteiger partial charge in [0.1, 0.15) is 11.6 Å². The van der Waals surface area contributed by atoms with Gasteiger partial charge in [0.05, 0.1) is 5.56 Å². The van der Waals surface area contributed by atoms with Crippen molar-refractivity contribution in [2.75, 3.05) is 11.1 Å². The Labute approximate surface area is 116 Å². The number of halogens is 1. The first kappa shape index (κ1) is 13.9. The third-order valence-corrected chi connectivity index (χ3v) is 2.99. The van der Waals surface area contributed by atoms with E-state index in [2.05, 4.69) is 5.32 Å². The molecule has 0 atom stereocenters. The number of amides is 1. The van der Waals surface area contributed by atoms with Crippen LogP contribution in [0.2, 0.25) is 0 Å². The van der Waals surface area contributed by atoms with E-state index in [-0.39, 0.29) is 11.3 Å². The Morgan fingerprint density at radius 3 is 2.70 bits per heavy atom. The molecule has 2 aromatic rings. The minimum absolute atomic E-state index is 0.122. The van der Waals surface area contributed by atoms with Gasteiger partial charge in [-0.25, -0.2) is 4.39 Å². The van der Waals surface area contributed by atoms with Gasteiger partial charge in [-0.3, -0.25) is 4.79 Å². The molecule has 0 fully saturated rings. The van der Waals surface area contributed by atoms with E-state index in [0.29, 0.717) is 11.4 Å². The summed E-state index contributed by atoms with van der Waals surface area (Å²) in [6.07, 6.45) is 0.796. The number of carbonyl (C=O) groups excluding carboxylic acids is 1. The van der Waals surface area contributed by atoms with Crippen molar-refractivity contribution in [1.82, 2.24) is 0 Å². The summed E-state index contributed by atoms with van der Waals surface area (Å²) in [7, 11) is 0. The molecule has 0 heterocycles. The lowest BCUT2D eigenvalue weighted by Gasteiger charge is -2.09. The second kappa shape index (κ2) is 5.61. The highest BCUT2D eigenvalue weighted by atomic mass is 19.1. The molecule has 0 radical (unpaired) electrons. The highest BCUT2D eigenvalue weighted by Gasteiger charge is 2.12. The molecule has 0 unspecified atom stereocenters. The van der Waals surface area contributed by atoms with Crippen LogP contribution in [0.1, 0.15) is 22.8 Å². The van der Waals surface area contributed by atoms with Crippen molar-refractivity contribution in [2.24, 2.45) is 0 Å². The average molecular weight is 274 g/mol. The smallest absolute Gasteiger partial charge is 0.259 e. The molecule has 4 nitrogen and oxygen atoms in total. The standard InChI is InChI=1S/C15H15FN2O2/c1-2-9-3-5-11(8-13(9)17)18-15(20)12-7-10(16)4-6-14(12)19/h3-8,19H,2,17H2,1H3,(H,18,20). The van der Waals surface area contributed by atoms with Gasteiger partial charge in [0, 0.05) is 11.4 Å². The minimum atomic E-state index is -0.592. The molecule has 0 aliphatic rings. The number of carbonyl (C=O) groups is 1. The fourth-order valence-electron chi connectivity index (χ4n) is 1.88. The van der Waals surface area contributed by atoms with E-state index in [4.69, 9.17) is 5.73 Å². The van der Waals surface area contributed by atoms with Crippen LogP contribution in [0.15, 0.2) is 36.4 Å². The second-order valence-electron chi connectivity index (χ2n) is 4.38. The van der Waals surface area contributed by atoms with Crippen LogP contribution >= 0.6 is 0 Å². The van der Waals surface area contributed by atoms with Crippen LogP contribution in [0, 0.1) is 5.82 Å². The molecule has 2 rings (SSSR count). The van der Waals surface area contributed by atoms with Crippen molar-refractivity contribution in [1.29, 1.82) is 0 Å². The fraction of sp³-hybridized carbons (Fsp3) is 0.133. The number of aromatic hydroxyl groups is 1. The number of hydrogen-bond donors (Lipinski definition) is 3. The topological polar surface area (TPSA) is 75.3 Å². The van der Waals surface area contributed by atoms with E-state index in [9.17, 15) is 14.3 Å². The quantitative estimate of drug-likeness (QED) is 0.753. The number of anilines is 2. The number of hydrogen-bond acceptors (Lipinski definition) is 3. The molecule has 0 spiro atoms. The van der Waals surface area contributed by atoms with Crippen molar-refractivity contribution >= 4 is 17.3 Å². The number of aryl methyl sites for hydroxylation is 1. The Morgan fingerprint density at radius 2 is 2.05 bits per heavy atom. The zero-order chi connectivity index (χ0) is 14.7. The Hall–Kier alpha value is -2.56. The van der Waals surface area contributed by atoms with E-state index in [1.54, 1.807) is 12.1 Å². The lowest BCUT2D eigenvalue weighted by Crippen LogP contribution is -2.12. The molecule has 0 aromatic heterocycles. The zero-order valence-corrected chi connectivity index (χ0v) is 11.0. The maximum absolute atomic E-state index is 13.1. The number of phenolic OH excluding ortho intramolecular Hbond substituents is 1. The van der Waals surface area contributed by atoms with Gasteiger partial charge in [-0.05, 0) is 42.3 Å². The molecule has 2 aromatic carbocycles. The molecular weight excluding hydrogens is 259 g/mol. The van der Waals surface area contributed by atoms with Crippen LogP contribution in [0.4, 0.5) is 15.8 Å². The maximum atomic E-state index is 13.1. The summed E-state index contributed by atoms with van der Waals surface area (Å²) >= 11 is 0. The van der Waals surface area contributed by atoms with Gasteiger partial charge >= 0.3 is 0 Å². The third-order valence-electron chi connectivity index (χ3n) is 2.99. The van der Waals surface area contributed by atoms with Crippen molar-refractivity contribution < 1.29 is 14.3 Å². The molecule has 0 aliphatic carbocycles. The first-order valence-electron chi connectivity index (χ1n) is 6.19. The van der Waals surface area contributed by atoms with Gasteiger partial charge in [-0.1, -0.05) is 13.0 Å². The summed E-state index contributed by atoms with van der Waals surface area (Å²) in [5, 5.41) is 12.1. The number of benzene rings is 2. The van der Waals surface area contributed by atoms with Gasteiger partial charge in [-0.15, -0.1) is 0 Å². The third kappa shape index (κ3) is 2.88. The van der Waals surface area contributed by atoms with Crippen molar-refractivity contribution in [3.05, 3.63) is 53.3 Å². The second-order valence-corrected chi connectivity index (χ2v) is 4.38. The van der Waals surface area contributed by atoms with Gasteiger partial charge in [-0.2, -0.15) is 0 Å². The summed E-state index contributed by atoms with van der Waals surface area (Å²) in [4.78, 5) is 12.0. The van der Waals surface area contributed by atoms with E-state index in [1.165, 1.54) is 0 Å². The van der Waals surface area contributed by atoms with Gasteiger partial charge in [0.25, 0.3) is 5.91 Å². The van der Waals surface area contributed by atoms with E-state index in [1.807, 2.05) is 13.0 Å². The molecule has 0 saturated carbocycles. The molecule has 4 N–H and O–H groups in total. The highest BCUT2D eigenvalue weighted by Crippen LogP contribution is 2.22. The summed E-state index contributed by atoms with van der Waals surface area (Å²) < 4.78 is 13.1. The lowest BCUT2D eigenvalue weighted by atomic mass is 10.1. The molecule has 1 amide bonds. The van der Waals surface area contributed by atoms with Crippen LogP contribution in [-0.2, 0) is 6.42 Å². The molecule has 0 bridgehead atoms. The Balaban J connectivity index is 2.23. The molecule has 0 saturated heterocycles. The first-order valence-corrected chi connectivity index (χ1v) is 6.19. The number of nitrogen functional groups attached to an aromatic ring is 1. The summed E-state index contributed by atoms with van der Waals surface area (Å²) in [5.74, 6) is -1.46. The largest absolute Gasteiger partial charge is 0.507 e. The first-order chi connectivity index (χ1) is 9.51. The molecular formula is C15H15FN2O2. The Bertz CT molecular complexity index is 656. The molecule has 0 aliphatic heterocycles. The maximum Gasteiger partial charge on any atom is 0.259 e. The normalized spacial score (nSPS) is 10.3. The Morgan fingerprint density at radius 1 is 1.30 bits per heavy atom. The zero-order valence-electron chi connectivity index (χ0n) is 11.0. The summed E-state index contributed by atoms with van der Waals surface area (Å²) in [6, 6.07) is 8.36. The van der Waals surface area contributed by atoms with Crippen LogP contribution in [0.3, 0.4) is 0 Å². The average Bonchev–Trinajstić information content (AvgIpc) is 2.41. The highest BCUT2D eigenvalue weighted by molar-refractivity contribution is 6.06. The number of phenols is 1. The number of nitrogens with two attached hydrogens (primary N) is 1. The van der Waals surface area contributed by atoms with E-state index < -0.39 is 11.7 Å². The predicted octanol–water partition coefficient (Wildman–Crippen LogP) is 2.93. The minimum Gasteiger partial charge on any atom is -0.507 e. The monoisotopic (exact) mass is 274 g/mol. The van der Waals surface area contributed by atoms with Crippen LogP contribution < -0.4 is 11.1 Å². The fourth-order valence-corrected chi connectivity index (χ4v) is 1.88. The lowest BCUT2D eigenvalue weighted by molar-refractivity contribution is 0.102. The predicted molar refractivity (Wildman–Crippen MR) is 76.3 cm³/mol. The van der Waals surface area contributed by atoms with E-state index in [0.717, 1.165) is 30.2 Å². The molecule has 104 valence electrons. The Kier molecular flexibility index (Phi) is 3.89. The number of nitrogens with one attached hydrogen (secondary N) is 1. The van der Waals surface area contributed by atoms with Gasteiger partial charge in [0.15, 0.2) is 0 Å². The van der Waals surface area contributed by atoms with Gasteiger partial charge in [0.2, 0.25) is 0 Å². The van der Waals surface area contributed by atoms with Crippen molar-refractivity contribution in [2.45, 2.75) is 13.3 Å². The molecule has 5 heteroatoms. The SMILES string of the molecule is CCc1ccc(NC(=O)c2cc(F)ccc2O)cc1N. The van der Waals surface area contributed by atoms with Gasteiger partial charge < -0.3 is 16.2 Å². The number of rotatable bonds is 3. The van der Waals surface area contributed by atoms with Crippen molar-refractivity contribution in [3.63, 3.8) is 0 Å². The van der Waals surface area contributed by atoms with Crippen molar-refractivity contribution in [3.8, 4) is 5.75 Å².